The molecule has 10 heteroatoms. The van der Waals surface area contributed by atoms with Crippen molar-refractivity contribution in [1.29, 1.82) is 0 Å². The van der Waals surface area contributed by atoms with Crippen molar-refractivity contribution in [1.82, 2.24) is 29.9 Å². The molecule has 4 heterocycles. The van der Waals surface area contributed by atoms with E-state index in [9.17, 15) is 0 Å². The summed E-state index contributed by atoms with van der Waals surface area (Å²) in [6.07, 6.45) is 3.49. The first kappa shape index (κ1) is 19.2. The second kappa shape index (κ2) is 8.29. The molecule has 0 spiro atoms. The zero-order valence-electron chi connectivity index (χ0n) is 13.4. The summed E-state index contributed by atoms with van der Waals surface area (Å²) < 4.78 is 1.94. The second-order valence-electron chi connectivity index (χ2n) is 4.26. The van der Waals surface area contributed by atoms with Crippen molar-refractivity contribution >= 4 is 50.3 Å². The Morgan fingerprint density at radius 3 is 2.71 bits per heavy atom. The van der Waals surface area contributed by atoms with Crippen molar-refractivity contribution in [2.45, 2.75) is 30.3 Å². The van der Waals surface area contributed by atoms with Gasteiger partial charge in [-0.25, -0.2) is 9.97 Å². The molecule has 7 nitrogen and oxygen atoms in total. The number of aryl methyl sites for hydroxylation is 1. The molecule has 0 atom stereocenters. The van der Waals surface area contributed by atoms with Crippen LogP contribution in [-0.2, 0) is 32.7 Å². The Bertz CT molecular complexity index is 933. The van der Waals surface area contributed by atoms with Gasteiger partial charge < -0.3 is 20.7 Å². The molecule has 2 N–H and O–H groups in total. The molecule has 1 radical (unpaired) electrons. The molecule has 121 valence electrons. The summed E-state index contributed by atoms with van der Waals surface area (Å²) in [5, 5.41) is 0.573. The van der Waals surface area contributed by atoms with Gasteiger partial charge in [0, 0.05) is 50.1 Å². The van der Waals surface area contributed by atoms with Crippen LogP contribution in [0.3, 0.4) is 0 Å². The fraction of sp³-hybridized carbons (Fsp3) is 0.214. The Morgan fingerprint density at radius 2 is 1.96 bits per heavy atom. The maximum atomic E-state index is 5.84. The van der Waals surface area contributed by atoms with Crippen LogP contribution in [0.1, 0.15) is 19.7 Å². The summed E-state index contributed by atoms with van der Waals surface area (Å²) in [5.74, 6) is 0.938. The summed E-state index contributed by atoms with van der Waals surface area (Å²) in [6.45, 7) is 5.78. The molecule has 0 fully saturated rings. The Balaban J connectivity index is 0.000000670. The van der Waals surface area contributed by atoms with E-state index in [1.165, 1.54) is 11.8 Å². The molecule has 0 aliphatic carbocycles. The van der Waals surface area contributed by atoms with Gasteiger partial charge >= 0.3 is 0 Å². The molecular weight excluding hydrogens is 419 g/mol. The van der Waals surface area contributed by atoms with Crippen molar-refractivity contribution in [3.63, 3.8) is 0 Å². The van der Waals surface area contributed by atoms with Crippen LogP contribution in [0.25, 0.3) is 21.4 Å². The fourth-order valence-corrected chi connectivity index (χ4v) is 3.79. The second-order valence-corrected chi connectivity index (χ2v) is 6.50. The zero-order valence-corrected chi connectivity index (χ0v) is 17.9. The average molecular weight is 433 g/mol. The summed E-state index contributed by atoms with van der Waals surface area (Å²) in [6, 6.07) is 1.94. The minimum absolute atomic E-state index is 0. The van der Waals surface area contributed by atoms with E-state index < -0.39 is 0 Å². The molecule has 0 aliphatic rings. The van der Waals surface area contributed by atoms with E-state index in [0.717, 1.165) is 14.6 Å². The Hall–Kier alpha value is -1.16. The number of aromatic nitrogens is 6. The Labute approximate surface area is 172 Å². The van der Waals surface area contributed by atoms with Gasteiger partial charge in [0.1, 0.15) is 11.3 Å². The number of hydrogen-bond donors (Lipinski definition) is 1. The number of nitrogens with two attached hydrogens (primary N) is 1. The smallest absolute Gasteiger partial charge is 0.156 e. The third-order valence-electron chi connectivity index (χ3n) is 2.76. The van der Waals surface area contributed by atoms with E-state index in [2.05, 4.69) is 29.9 Å². The van der Waals surface area contributed by atoms with Gasteiger partial charge in [0.2, 0.25) is 0 Å². The SMILES string of the molecule is CC.Cc1nc(N)c2nc(Sc3nc4cnccc4s3)[n-]c2n1.[Y]. The van der Waals surface area contributed by atoms with Gasteiger partial charge in [-0.15, -0.1) is 11.3 Å². The number of fused-ring (bicyclic) bond motifs is 2. The maximum Gasteiger partial charge on any atom is 0.156 e. The van der Waals surface area contributed by atoms with Gasteiger partial charge in [0.15, 0.2) is 4.34 Å². The van der Waals surface area contributed by atoms with E-state index in [1.807, 2.05) is 19.9 Å². The Morgan fingerprint density at radius 1 is 1.17 bits per heavy atom. The zero-order chi connectivity index (χ0) is 16.4. The number of rotatable bonds is 2. The van der Waals surface area contributed by atoms with E-state index in [0.29, 0.717) is 28.0 Å². The minimum atomic E-state index is 0. The van der Waals surface area contributed by atoms with Crippen LogP contribution in [0.2, 0.25) is 0 Å². The largest absolute Gasteiger partial charge is 0.383 e. The van der Waals surface area contributed by atoms with Crippen LogP contribution in [0.5, 0.6) is 0 Å². The van der Waals surface area contributed by atoms with Gasteiger partial charge in [0.25, 0.3) is 0 Å². The number of imidazole rings is 1. The standard InChI is InChI=1S/C12H8N7S2.C2H6.Y/c1-5-15-9(13)8-10(16-5)19-11(18-8)21-12-17-6-4-14-3-2-7(6)20-12;1-2;/h2-4H,1H3,(H2-,13,15,16,18,19);1-2H3;/q-1;;. The summed E-state index contributed by atoms with van der Waals surface area (Å²) in [4.78, 5) is 25.6. The minimum Gasteiger partial charge on any atom is -0.383 e. The monoisotopic (exact) mass is 433 g/mol. The van der Waals surface area contributed by atoms with Crippen LogP contribution in [0.4, 0.5) is 5.82 Å². The predicted octanol–water partition coefficient (Wildman–Crippen LogP) is 3.05. The third-order valence-corrected chi connectivity index (χ3v) is 4.72. The van der Waals surface area contributed by atoms with E-state index in [1.54, 1.807) is 30.7 Å². The third kappa shape index (κ3) is 3.91. The molecule has 4 aromatic rings. The molecule has 0 saturated heterocycles. The molecule has 24 heavy (non-hydrogen) atoms. The Kier molecular flexibility index (Phi) is 6.62. The molecule has 0 unspecified atom stereocenters. The van der Waals surface area contributed by atoms with Crippen LogP contribution in [-0.4, -0.2) is 24.9 Å². The van der Waals surface area contributed by atoms with Gasteiger partial charge in [-0.1, -0.05) is 25.6 Å². The van der Waals surface area contributed by atoms with E-state index in [4.69, 9.17) is 5.73 Å². The predicted molar refractivity (Wildman–Crippen MR) is 92.7 cm³/mol. The van der Waals surface area contributed by atoms with E-state index in [-0.39, 0.29) is 32.7 Å². The number of thiazole rings is 1. The summed E-state index contributed by atoms with van der Waals surface area (Å²) in [5.41, 5.74) is 7.76. The number of nitrogen functional groups attached to an aromatic ring is 1. The number of hydrogen-bond acceptors (Lipinski definition) is 8. The van der Waals surface area contributed by atoms with E-state index >= 15 is 0 Å². The molecule has 0 aromatic carbocycles. The van der Waals surface area contributed by atoms with Crippen molar-refractivity contribution in [3.05, 3.63) is 24.3 Å². The van der Waals surface area contributed by atoms with Crippen LogP contribution < -0.4 is 10.7 Å². The molecule has 4 rings (SSSR count). The normalized spacial score (nSPS) is 10.3. The molecular formula is C14H14N7S2Y-. The maximum absolute atomic E-state index is 5.84. The van der Waals surface area contributed by atoms with Crippen LogP contribution in [0.15, 0.2) is 28.0 Å². The van der Waals surface area contributed by atoms with Crippen molar-refractivity contribution in [2.24, 2.45) is 0 Å². The summed E-state index contributed by atoms with van der Waals surface area (Å²) in [7, 11) is 0. The molecule has 4 aromatic heterocycles. The fourth-order valence-electron chi connectivity index (χ4n) is 1.90. The van der Waals surface area contributed by atoms with Gasteiger partial charge in [-0.2, -0.15) is 0 Å². The molecule has 0 saturated carbocycles. The number of pyridine rings is 1. The van der Waals surface area contributed by atoms with Crippen molar-refractivity contribution in [3.8, 4) is 0 Å². The average Bonchev–Trinajstić information content (AvgIpc) is 3.12. The first-order valence-electron chi connectivity index (χ1n) is 7.02. The molecule has 0 aliphatic heterocycles. The van der Waals surface area contributed by atoms with Gasteiger partial charge in [-0.3, -0.25) is 4.98 Å². The quantitative estimate of drug-likeness (QED) is 0.514. The van der Waals surface area contributed by atoms with Crippen LogP contribution >= 0.6 is 23.1 Å². The topological polar surface area (TPSA) is 105 Å². The van der Waals surface area contributed by atoms with Crippen molar-refractivity contribution in [2.75, 3.05) is 5.73 Å². The van der Waals surface area contributed by atoms with Crippen LogP contribution in [0, 0.1) is 6.92 Å². The number of anilines is 1. The number of nitrogens with zero attached hydrogens (tertiary/aromatic N) is 6. The van der Waals surface area contributed by atoms with Gasteiger partial charge in [-0.05, 0) is 13.0 Å². The summed E-state index contributed by atoms with van der Waals surface area (Å²) >= 11 is 2.96. The van der Waals surface area contributed by atoms with Gasteiger partial charge in [0.05, 0.1) is 21.9 Å². The molecule has 0 amide bonds. The van der Waals surface area contributed by atoms with Crippen molar-refractivity contribution < 1.29 is 32.7 Å². The first-order chi connectivity index (χ1) is 11.2. The first-order valence-corrected chi connectivity index (χ1v) is 8.65. The molecule has 0 bridgehead atoms.